The van der Waals surface area contributed by atoms with Crippen LogP contribution in [0.2, 0.25) is 5.02 Å². The molecule has 0 spiro atoms. The number of hydrogen-bond acceptors (Lipinski definition) is 1. The SMILES string of the molecule is CC(C)(C)C1CCC(CNc2c(F)cc(F)cc2Cl)CC1. The van der Waals surface area contributed by atoms with Crippen LogP contribution < -0.4 is 5.32 Å². The highest BCUT2D eigenvalue weighted by Gasteiger charge is 2.29. The van der Waals surface area contributed by atoms with E-state index in [4.69, 9.17) is 11.6 Å². The van der Waals surface area contributed by atoms with Crippen molar-refractivity contribution in [1.29, 1.82) is 0 Å². The smallest absolute Gasteiger partial charge is 0.150 e. The van der Waals surface area contributed by atoms with Crippen molar-refractivity contribution < 1.29 is 8.78 Å². The van der Waals surface area contributed by atoms with Gasteiger partial charge in [0.2, 0.25) is 0 Å². The van der Waals surface area contributed by atoms with Gasteiger partial charge >= 0.3 is 0 Å². The Hall–Kier alpha value is -0.830. The van der Waals surface area contributed by atoms with Crippen LogP contribution in [0.25, 0.3) is 0 Å². The zero-order chi connectivity index (χ0) is 15.6. The molecule has 0 radical (unpaired) electrons. The molecule has 1 N–H and O–H groups in total. The van der Waals surface area contributed by atoms with Crippen molar-refractivity contribution >= 4 is 17.3 Å². The quantitative estimate of drug-likeness (QED) is 0.734. The summed E-state index contributed by atoms with van der Waals surface area (Å²) in [5.41, 5.74) is 0.584. The molecule has 0 aliphatic heterocycles. The largest absolute Gasteiger partial charge is 0.381 e. The summed E-state index contributed by atoms with van der Waals surface area (Å²) >= 11 is 5.89. The maximum Gasteiger partial charge on any atom is 0.150 e. The first-order valence-corrected chi connectivity index (χ1v) is 8.03. The number of nitrogens with one attached hydrogen (secondary N) is 1. The summed E-state index contributed by atoms with van der Waals surface area (Å²) in [6.45, 7) is 7.58. The van der Waals surface area contributed by atoms with Crippen molar-refractivity contribution in [3.8, 4) is 0 Å². The van der Waals surface area contributed by atoms with Crippen LogP contribution in [0.5, 0.6) is 0 Å². The van der Waals surface area contributed by atoms with E-state index in [1.54, 1.807) is 0 Å². The Labute approximate surface area is 131 Å². The molecule has 0 amide bonds. The van der Waals surface area contributed by atoms with Gasteiger partial charge in [-0.2, -0.15) is 0 Å². The predicted molar refractivity (Wildman–Crippen MR) is 84.8 cm³/mol. The van der Waals surface area contributed by atoms with E-state index in [9.17, 15) is 8.78 Å². The van der Waals surface area contributed by atoms with Crippen LogP contribution in [0.4, 0.5) is 14.5 Å². The molecule has 1 aliphatic carbocycles. The van der Waals surface area contributed by atoms with E-state index in [1.807, 2.05) is 0 Å². The number of rotatable bonds is 3. The molecule has 0 aromatic heterocycles. The fourth-order valence-electron chi connectivity index (χ4n) is 3.19. The highest BCUT2D eigenvalue weighted by molar-refractivity contribution is 6.33. The summed E-state index contributed by atoms with van der Waals surface area (Å²) in [6.07, 6.45) is 4.73. The fourth-order valence-corrected chi connectivity index (χ4v) is 3.45. The van der Waals surface area contributed by atoms with Crippen LogP contribution in [0.15, 0.2) is 12.1 Å². The van der Waals surface area contributed by atoms with Gasteiger partial charge in [-0.25, -0.2) is 8.78 Å². The molecule has 21 heavy (non-hydrogen) atoms. The van der Waals surface area contributed by atoms with Crippen molar-refractivity contribution in [2.24, 2.45) is 17.3 Å². The Morgan fingerprint density at radius 2 is 1.76 bits per heavy atom. The van der Waals surface area contributed by atoms with Crippen LogP contribution in [-0.4, -0.2) is 6.54 Å². The summed E-state index contributed by atoms with van der Waals surface area (Å²) in [4.78, 5) is 0. The Morgan fingerprint density at radius 3 is 2.29 bits per heavy atom. The summed E-state index contributed by atoms with van der Waals surface area (Å²) in [5.74, 6) is 0.0288. The minimum atomic E-state index is -0.645. The number of anilines is 1. The van der Waals surface area contributed by atoms with Gasteiger partial charge in [-0.3, -0.25) is 0 Å². The van der Waals surface area contributed by atoms with Crippen molar-refractivity contribution in [3.05, 3.63) is 28.8 Å². The molecular weight excluding hydrogens is 292 g/mol. The van der Waals surface area contributed by atoms with E-state index >= 15 is 0 Å². The number of halogens is 3. The summed E-state index contributed by atoms with van der Waals surface area (Å²) in [6, 6.07) is 2.01. The first kappa shape index (κ1) is 16.5. The molecule has 1 aromatic carbocycles. The number of hydrogen-bond donors (Lipinski definition) is 1. The maximum atomic E-state index is 13.7. The third-order valence-corrected chi connectivity index (χ3v) is 4.94. The van der Waals surface area contributed by atoms with Gasteiger partial charge in [0.25, 0.3) is 0 Å². The van der Waals surface area contributed by atoms with Gasteiger partial charge in [0.05, 0.1) is 10.7 Å². The van der Waals surface area contributed by atoms with E-state index in [1.165, 1.54) is 12.8 Å². The first-order valence-electron chi connectivity index (χ1n) is 7.66. The summed E-state index contributed by atoms with van der Waals surface area (Å²) in [5, 5.41) is 3.17. The van der Waals surface area contributed by atoms with Crippen molar-refractivity contribution in [3.63, 3.8) is 0 Å². The third kappa shape index (κ3) is 4.32. The zero-order valence-electron chi connectivity index (χ0n) is 13.0. The molecule has 118 valence electrons. The average molecular weight is 316 g/mol. The van der Waals surface area contributed by atoms with E-state index < -0.39 is 11.6 Å². The molecule has 0 saturated heterocycles. The Bertz CT molecular complexity index is 465. The highest BCUT2D eigenvalue weighted by atomic mass is 35.5. The van der Waals surface area contributed by atoms with Crippen molar-refractivity contribution in [2.75, 3.05) is 11.9 Å². The molecule has 0 bridgehead atoms. The lowest BCUT2D eigenvalue weighted by Gasteiger charge is -2.37. The Morgan fingerprint density at radius 1 is 1.14 bits per heavy atom. The van der Waals surface area contributed by atoms with Crippen molar-refractivity contribution in [1.82, 2.24) is 0 Å². The van der Waals surface area contributed by atoms with Crippen LogP contribution in [0.1, 0.15) is 46.5 Å². The van der Waals surface area contributed by atoms with Gasteiger partial charge < -0.3 is 5.32 Å². The van der Waals surface area contributed by atoms with Gasteiger partial charge in [-0.05, 0) is 49.0 Å². The second kappa shape index (κ2) is 6.51. The van der Waals surface area contributed by atoms with E-state index in [0.29, 0.717) is 17.9 Å². The minimum absolute atomic E-state index is 0.107. The van der Waals surface area contributed by atoms with Gasteiger partial charge in [0.1, 0.15) is 5.82 Å². The van der Waals surface area contributed by atoms with Crippen LogP contribution in [0.3, 0.4) is 0 Å². The lowest BCUT2D eigenvalue weighted by Crippen LogP contribution is -2.28. The predicted octanol–water partition coefficient (Wildman–Crippen LogP) is 5.88. The zero-order valence-corrected chi connectivity index (χ0v) is 13.7. The molecule has 1 aliphatic rings. The molecular formula is C17H24ClF2N. The van der Waals surface area contributed by atoms with E-state index in [0.717, 1.165) is 30.9 Å². The summed E-state index contributed by atoms with van der Waals surface area (Å²) < 4.78 is 26.7. The molecule has 1 nitrogen and oxygen atoms in total. The van der Waals surface area contributed by atoms with Crippen LogP contribution in [0, 0.1) is 28.9 Å². The Kier molecular flexibility index (Phi) is 5.13. The topological polar surface area (TPSA) is 12.0 Å². The van der Waals surface area contributed by atoms with Crippen LogP contribution in [-0.2, 0) is 0 Å². The molecule has 1 aromatic rings. The van der Waals surface area contributed by atoms with Crippen LogP contribution >= 0.6 is 11.6 Å². The molecule has 0 unspecified atom stereocenters. The summed E-state index contributed by atoms with van der Waals surface area (Å²) in [7, 11) is 0. The molecule has 2 rings (SSSR count). The molecule has 1 fully saturated rings. The lowest BCUT2D eigenvalue weighted by molar-refractivity contribution is 0.153. The fraction of sp³-hybridized carbons (Fsp3) is 0.647. The molecule has 0 heterocycles. The minimum Gasteiger partial charge on any atom is -0.381 e. The molecule has 1 saturated carbocycles. The van der Waals surface area contributed by atoms with Gasteiger partial charge in [0.15, 0.2) is 5.82 Å². The normalized spacial score (nSPS) is 23.1. The highest BCUT2D eigenvalue weighted by Crippen LogP contribution is 2.40. The standard InChI is InChI=1S/C17H24ClF2N/c1-17(2,3)12-6-4-11(5-7-12)10-21-16-14(18)8-13(19)9-15(16)20/h8-9,11-12,21H,4-7,10H2,1-3H3. The van der Waals surface area contributed by atoms with Gasteiger partial charge in [-0.1, -0.05) is 32.4 Å². The van der Waals surface area contributed by atoms with Crippen molar-refractivity contribution in [2.45, 2.75) is 46.5 Å². The lowest BCUT2D eigenvalue weighted by atomic mass is 9.70. The number of benzene rings is 1. The monoisotopic (exact) mass is 315 g/mol. The first-order chi connectivity index (χ1) is 9.77. The molecule has 0 atom stereocenters. The second-order valence-corrected chi connectivity index (χ2v) is 7.62. The third-order valence-electron chi connectivity index (χ3n) is 4.65. The maximum absolute atomic E-state index is 13.7. The van der Waals surface area contributed by atoms with E-state index in [2.05, 4.69) is 26.1 Å². The second-order valence-electron chi connectivity index (χ2n) is 7.21. The van der Waals surface area contributed by atoms with Gasteiger partial charge in [0, 0.05) is 12.6 Å². The van der Waals surface area contributed by atoms with E-state index in [-0.39, 0.29) is 10.7 Å². The molecule has 4 heteroatoms. The Balaban J connectivity index is 1.88. The van der Waals surface area contributed by atoms with Gasteiger partial charge in [-0.15, -0.1) is 0 Å². The average Bonchev–Trinajstić information content (AvgIpc) is 2.37.